The molecule has 12 heteroatoms. The molecule has 0 spiro atoms. The second kappa shape index (κ2) is 9.09. The fourth-order valence-corrected chi connectivity index (χ4v) is 2.62. The topological polar surface area (TPSA) is 61.6 Å². The monoisotopic (exact) mass is 475 g/mol. The van der Waals surface area contributed by atoms with Gasteiger partial charge in [0.15, 0.2) is 5.75 Å². The number of benzene rings is 2. The van der Waals surface area contributed by atoms with E-state index >= 15 is 0 Å². The Bertz CT molecular complexity index is 908. The van der Waals surface area contributed by atoms with Crippen LogP contribution in [0.1, 0.15) is 5.56 Å². The molecule has 0 saturated heterocycles. The molecule has 0 aromatic heterocycles. The van der Waals surface area contributed by atoms with Gasteiger partial charge >= 0.3 is 11.9 Å². The van der Waals surface area contributed by atoms with Crippen molar-refractivity contribution in [2.45, 2.75) is 6.18 Å². The predicted octanol–water partition coefficient (Wildman–Crippen LogP) is 7.41. The lowest BCUT2D eigenvalue weighted by Gasteiger charge is -2.13. The van der Waals surface area contributed by atoms with E-state index < -0.39 is 28.1 Å². The molecule has 2 aromatic rings. The highest BCUT2D eigenvalue weighted by Crippen LogP contribution is 2.43. The molecule has 0 aliphatic rings. The summed E-state index contributed by atoms with van der Waals surface area (Å²) in [6.07, 6.45) is -3.39. The molecule has 0 aliphatic heterocycles. The third-order valence-electron chi connectivity index (χ3n) is 3.15. The normalized spacial score (nSPS) is 11.1. The van der Waals surface area contributed by atoms with Crippen molar-refractivity contribution in [3.8, 4) is 17.2 Å². The van der Waals surface area contributed by atoms with Gasteiger partial charge in [0.25, 0.3) is 0 Å². The molecular weight excluding hydrogens is 469 g/mol. The zero-order valence-corrected chi connectivity index (χ0v) is 16.4. The van der Waals surface area contributed by atoms with Crippen LogP contribution < -0.4 is 9.47 Å². The van der Waals surface area contributed by atoms with Crippen molar-refractivity contribution < 1.29 is 27.6 Å². The molecule has 0 saturated carbocycles. The largest absolute Gasteiger partial charge is 0.489 e. The molecule has 2 rings (SSSR count). The standard InChI is InChI=1S/C16H8Cl4F3NO4/c17-10-6-9(27-4-3-14(19)20)7-11(18)15(10)28-13-2-1-8(16(21,22)23)5-12(13)24(25)26/h1-3,5-7H,4H2. The predicted molar refractivity (Wildman–Crippen MR) is 99.9 cm³/mol. The Hall–Kier alpha value is -1.87. The number of halogens is 7. The van der Waals surface area contributed by atoms with Crippen LogP contribution in [0, 0.1) is 10.1 Å². The second-order valence-corrected chi connectivity index (χ2v) is 6.88. The fourth-order valence-electron chi connectivity index (χ4n) is 1.95. The molecule has 150 valence electrons. The van der Waals surface area contributed by atoms with Crippen LogP contribution in [0.3, 0.4) is 0 Å². The summed E-state index contributed by atoms with van der Waals surface area (Å²) in [5, 5.41) is 11.0. The van der Waals surface area contributed by atoms with E-state index in [0.717, 1.165) is 6.07 Å². The van der Waals surface area contributed by atoms with Gasteiger partial charge in [0, 0.05) is 18.2 Å². The summed E-state index contributed by atoms with van der Waals surface area (Å²) < 4.78 is 48.9. The van der Waals surface area contributed by atoms with Gasteiger partial charge in [0.05, 0.1) is 20.5 Å². The van der Waals surface area contributed by atoms with E-state index in [1.165, 1.54) is 18.2 Å². The lowest BCUT2D eigenvalue weighted by atomic mass is 10.2. The van der Waals surface area contributed by atoms with E-state index in [4.69, 9.17) is 55.9 Å². The van der Waals surface area contributed by atoms with Crippen LogP contribution in [-0.4, -0.2) is 11.5 Å². The van der Waals surface area contributed by atoms with E-state index in [9.17, 15) is 23.3 Å². The summed E-state index contributed by atoms with van der Waals surface area (Å²) in [6.45, 7) is 0.0135. The van der Waals surface area contributed by atoms with E-state index in [0.29, 0.717) is 12.1 Å². The minimum Gasteiger partial charge on any atom is -0.489 e. The molecule has 0 bridgehead atoms. The van der Waals surface area contributed by atoms with Gasteiger partial charge in [-0.1, -0.05) is 46.4 Å². The number of nitro benzene ring substituents is 1. The van der Waals surface area contributed by atoms with E-state index in [1.54, 1.807) is 0 Å². The highest BCUT2D eigenvalue weighted by atomic mass is 35.5. The highest BCUT2D eigenvalue weighted by Gasteiger charge is 2.33. The average molecular weight is 477 g/mol. The molecule has 0 heterocycles. The van der Waals surface area contributed by atoms with Crippen LogP contribution in [-0.2, 0) is 6.18 Å². The summed E-state index contributed by atoms with van der Waals surface area (Å²) >= 11 is 23.0. The number of rotatable bonds is 6. The Kier molecular flexibility index (Phi) is 7.28. The van der Waals surface area contributed by atoms with Crippen molar-refractivity contribution in [3.63, 3.8) is 0 Å². The minimum absolute atomic E-state index is 0.00763. The average Bonchev–Trinajstić information content (AvgIpc) is 2.56. The number of hydrogen-bond donors (Lipinski definition) is 0. The van der Waals surface area contributed by atoms with Crippen molar-refractivity contribution in [3.05, 3.63) is 66.6 Å². The van der Waals surface area contributed by atoms with Crippen molar-refractivity contribution >= 4 is 52.1 Å². The molecule has 0 fully saturated rings. The van der Waals surface area contributed by atoms with Gasteiger partial charge in [-0.25, -0.2) is 0 Å². The van der Waals surface area contributed by atoms with Gasteiger partial charge in [-0.05, 0) is 18.2 Å². The maximum absolute atomic E-state index is 12.8. The van der Waals surface area contributed by atoms with Gasteiger partial charge in [-0.15, -0.1) is 0 Å². The van der Waals surface area contributed by atoms with E-state index in [-0.39, 0.29) is 32.6 Å². The number of ether oxygens (including phenoxy) is 2. The van der Waals surface area contributed by atoms with Gasteiger partial charge < -0.3 is 9.47 Å². The molecule has 2 aromatic carbocycles. The number of alkyl halides is 3. The molecule has 28 heavy (non-hydrogen) atoms. The highest BCUT2D eigenvalue weighted by molar-refractivity contribution is 6.55. The van der Waals surface area contributed by atoms with E-state index in [2.05, 4.69) is 0 Å². The Morgan fingerprint density at radius 2 is 1.75 bits per heavy atom. The minimum atomic E-state index is -4.75. The molecule has 0 aliphatic carbocycles. The summed E-state index contributed by atoms with van der Waals surface area (Å²) in [5.74, 6) is -0.438. The lowest BCUT2D eigenvalue weighted by Crippen LogP contribution is -2.06. The van der Waals surface area contributed by atoms with Crippen molar-refractivity contribution in [2.24, 2.45) is 0 Å². The first-order valence-electron chi connectivity index (χ1n) is 7.15. The molecular formula is C16H8Cl4F3NO4. The molecule has 0 atom stereocenters. The number of hydrogen-bond acceptors (Lipinski definition) is 4. The zero-order valence-electron chi connectivity index (χ0n) is 13.4. The maximum Gasteiger partial charge on any atom is 0.416 e. The van der Waals surface area contributed by atoms with Gasteiger partial charge in [0.1, 0.15) is 16.8 Å². The van der Waals surface area contributed by atoms with Crippen LogP contribution in [0.4, 0.5) is 18.9 Å². The smallest absolute Gasteiger partial charge is 0.416 e. The van der Waals surface area contributed by atoms with Crippen molar-refractivity contribution in [1.82, 2.24) is 0 Å². The first-order valence-corrected chi connectivity index (χ1v) is 8.66. The third kappa shape index (κ3) is 5.81. The van der Waals surface area contributed by atoms with E-state index in [1.807, 2.05) is 0 Å². The quantitative estimate of drug-likeness (QED) is 0.321. The molecule has 5 nitrogen and oxygen atoms in total. The second-order valence-electron chi connectivity index (χ2n) is 5.06. The Balaban J connectivity index is 2.35. The molecule has 0 N–H and O–H groups in total. The summed E-state index contributed by atoms with van der Waals surface area (Å²) in [4.78, 5) is 10.1. The Morgan fingerprint density at radius 1 is 1.14 bits per heavy atom. The SMILES string of the molecule is O=[N+]([O-])c1cc(C(F)(F)F)ccc1Oc1c(Cl)cc(OCC=C(Cl)Cl)cc1Cl. The van der Waals surface area contributed by atoms with Crippen LogP contribution >= 0.6 is 46.4 Å². The van der Waals surface area contributed by atoms with Crippen LogP contribution in [0.5, 0.6) is 17.2 Å². The van der Waals surface area contributed by atoms with Gasteiger partial charge in [-0.2, -0.15) is 13.2 Å². The third-order valence-corrected chi connectivity index (χ3v) is 4.02. The Morgan fingerprint density at radius 3 is 2.25 bits per heavy atom. The first kappa shape index (κ1) is 22.4. The summed E-state index contributed by atoms with van der Waals surface area (Å²) in [6, 6.07) is 4.41. The number of nitro groups is 1. The van der Waals surface area contributed by atoms with Crippen LogP contribution in [0.2, 0.25) is 10.0 Å². The molecule has 0 amide bonds. The molecule has 0 unspecified atom stereocenters. The molecule has 0 radical (unpaired) electrons. The first-order chi connectivity index (χ1) is 13.0. The summed E-state index contributed by atoms with van der Waals surface area (Å²) in [7, 11) is 0. The van der Waals surface area contributed by atoms with Crippen LogP contribution in [0.25, 0.3) is 0 Å². The van der Waals surface area contributed by atoms with Crippen molar-refractivity contribution in [1.29, 1.82) is 0 Å². The lowest BCUT2D eigenvalue weighted by molar-refractivity contribution is -0.385. The number of nitrogens with zero attached hydrogens (tertiary/aromatic N) is 1. The van der Waals surface area contributed by atoms with Crippen LogP contribution in [0.15, 0.2) is 40.9 Å². The fraction of sp³-hybridized carbons (Fsp3) is 0.125. The van der Waals surface area contributed by atoms with Crippen molar-refractivity contribution in [2.75, 3.05) is 6.61 Å². The van der Waals surface area contributed by atoms with Gasteiger partial charge in [-0.3, -0.25) is 10.1 Å². The Labute approximate surface area is 176 Å². The zero-order chi connectivity index (χ0) is 21.1. The van der Waals surface area contributed by atoms with Gasteiger partial charge in [0.2, 0.25) is 5.75 Å². The summed E-state index contributed by atoms with van der Waals surface area (Å²) in [5.41, 5.74) is -2.09. The maximum atomic E-state index is 12.8.